The van der Waals surface area contributed by atoms with Crippen molar-refractivity contribution in [2.24, 2.45) is 5.92 Å². The molecule has 1 aromatic heterocycles. The number of nitrogens with zero attached hydrogens (tertiary/aromatic N) is 1. The molecule has 35 heavy (non-hydrogen) atoms. The molecule has 1 saturated carbocycles. The van der Waals surface area contributed by atoms with Crippen molar-refractivity contribution >= 4 is 34.4 Å². The molecule has 3 aromatic carbocycles. The fourth-order valence-electron chi connectivity index (χ4n) is 5.87. The lowest BCUT2D eigenvalue weighted by molar-refractivity contribution is 0.0582. The normalized spacial score (nSPS) is 20.9. The van der Waals surface area contributed by atoms with E-state index in [1.54, 1.807) is 12.3 Å². The summed E-state index contributed by atoms with van der Waals surface area (Å²) >= 11 is 6.24. The van der Waals surface area contributed by atoms with Crippen LogP contribution in [0.5, 0.6) is 0 Å². The van der Waals surface area contributed by atoms with Crippen LogP contribution in [-0.2, 0) is 0 Å². The minimum atomic E-state index is -0.147. The molecule has 1 saturated heterocycles. The van der Waals surface area contributed by atoms with E-state index in [4.69, 9.17) is 16.0 Å². The van der Waals surface area contributed by atoms with Crippen molar-refractivity contribution in [3.63, 3.8) is 0 Å². The number of furan rings is 1. The number of fused-ring (bicyclic) bond motifs is 3. The molecule has 6 heteroatoms. The van der Waals surface area contributed by atoms with E-state index in [0.29, 0.717) is 34.2 Å². The number of hydrogen-bond donors (Lipinski definition) is 1. The maximum atomic E-state index is 13.9. The van der Waals surface area contributed by atoms with Gasteiger partial charge < -0.3 is 14.6 Å². The number of piperidine rings is 1. The highest BCUT2D eigenvalue weighted by atomic mass is 35.5. The molecule has 3 atom stereocenters. The molecule has 2 amide bonds. The molecule has 2 heterocycles. The quantitative estimate of drug-likeness (QED) is 0.368. The third kappa shape index (κ3) is 3.90. The molecule has 2 bridgehead atoms. The van der Waals surface area contributed by atoms with Gasteiger partial charge in [-0.3, -0.25) is 9.59 Å². The number of rotatable bonds is 5. The summed E-state index contributed by atoms with van der Waals surface area (Å²) < 4.78 is 5.44. The van der Waals surface area contributed by atoms with E-state index in [1.807, 2.05) is 71.6 Å². The summed E-state index contributed by atoms with van der Waals surface area (Å²) in [6.45, 7) is 0.430. The second-order valence-electron chi connectivity index (χ2n) is 9.41. The lowest BCUT2D eigenvalue weighted by atomic mass is 9.95. The van der Waals surface area contributed by atoms with Crippen LogP contribution in [0.1, 0.15) is 40.0 Å². The zero-order valence-electron chi connectivity index (χ0n) is 19.1. The van der Waals surface area contributed by atoms with Crippen molar-refractivity contribution < 1.29 is 14.0 Å². The Bertz CT molecular complexity index is 1430. The Balaban J connectivity index is 1.26. The lowest BCUT2D eigenvalue weighted by Gasteiger charge is -2.36. The van der Waals surface area contributed by atoms with Gasteiger partial charge in [0.05, 0.1) is 17.9 Å². The van der Waals surface area contributed by atoms with Crippen molar-refractivity contribution in [2.75, 3.05) is 6.54 Å². The van der Waals surface area contributed by atoms with Gasteiger partial charge in [0.1, 0.15) is 5.58 Å². The predicted molar refractivity (Wildman–Crippen MR) is 137 cm³/mol. The predicted octanol–water partition coefficient (Wildman–Crippen LogP) is 6.18. The largest absolute Gasteiger partial charge is 0.464 e. The van der Waals surface area contributed by atoms with Crippen LogP contribution < -0.4 is 5.32 Å². The van der Waals surface area contributed by atoms with E-state index < -0.39 is 0 Å². The third-order valence-corrected chi connectivity index (χ3v) is 7.72. The monoisotopic (exact) mass is 484 g/mol. The number of halogens is 1. The number of amides is 2. The molecule has 1 aliphatic heterocycles. The van der Waals surface area contributed by atoms with Gasteiger partial charge >= 0.3 is 0 Å². The van der Waals surface area contributed by atoms with Crippen LogP contribution in [0.4, 0.5) is 0 Å². The van der Waals surface area contributed by atoms with Crippen LogP contribution in [0.2, 0.25) is 5.02 Å². The number of carbonyl (C=O) groups is 2. The Kier molecular flexibility index (Phi) is 5.57. The van der Waals surface area contributed by atoms with Crippen molar-refractivity contribution in [2.45, 2.75) is 31.3 Å². The topological polar surface area (TPSA) is 62.6 Å². The van der Waals surface area contributed by atoms with Crippen LogP contribution in [0, 0.1) is 5.92 Å². The van der Waals surface area contributed by atoms with Crippen LogP contribution in [0.3, 0.4) is 0 Å². The number of benzene rings is 3. The van der Waals surface area contributed by atoms with E-state index in [0.717, 1.165) is 35.8 Å². The van der Waals surface area contributed by atoms with Gasteiger partial charge in [0, 0.05) is 28.6 Å². The Morgan fingerprint density at radius 2 is 1.80 bits per heavy atom. The summed E-state index contributed by atoms with van der Waals surface area (Å²) in [7, 11) is 0. The Morgan fingerprint density at radius 3 is 2.69 bits per heavy atom. The van der Waals surface area contributed by atoms with Gasteiger partial charge in [-0.15, -0.1) is 0 Å². The second-order valence-corrected chi connectivity index (χ2v) is 9.85. The average molecular weight is 485 g/mol. The highest BCUT2D eigenvalue weighted by molar-refractivity contribution is 6.30. The number of nitrogens with one attached hydrogen (secondary N) is 1. The Hall–Kier alpha value is -3.57. The van der Waals surface area contributed by atoms with E-state index >= 15 is 0 Å². The molecule has 1 aliphatic carbocycles. The summed E-state index contributed by atoms with van der Waals surface area (Å²) in [4.78, 5) is 29.0. The SMILES string of the molecule is O=C(NC[C@@H]1[C@H]2CC[C@H](C2)N1C(=O)c1ccccc1-c1cccc(Cl)c1)c1cccc2occc12. The second kappa shape index (κ2) is 8.90. The standard InChI is InChI=1S/C29H25ClN2O3/c30-20-6-3-5-18(15-20)22-7-1-2-8-25(22)29(34)32-21-12-11-19(16-21)26(32)17-31-28(33)24-9-4-10-27-23(24)13-14-35-27/h1-10,13-15,19,21,26H,11-12,16-17H2,(H,31,33)/t19-,21+,26+/m0/s1. The van der Waals surface area contributed by atoms with E-state index in [-0.39, 0.29) is 23.9 Å². The minimum Gasteiger partial charge on any atom is -0.464 e. The first-order valence-corrected chi connectivity index (χ1v) is 12.4. The molecule has 2 aliphatic rings. The molecular weight excluding hydrogens is 460 g/mol. The highest BCUT2D eigenvalue weighted by Crippen LogP contribution is 2.43. The molecular formula is C29H25ClN2O3. The van der Waals surface area contributed by atoms with Crippen LogP contribution in [0.25, 0.3) is 22.1 Å². The van der Waals surface area contributed by atoms with Crippen molar-refractivity contribution in [3.05, 3.63) is 95.2 Å². The summed E-state index contributed by atoms with van der Waals surface area (Å²) in [6, 6.07) is 22.8. The molecule has 1 N–H and O–H groups in total. The first kappa shape index (κ1) is 21.9. The van der Waals surface area contributed by atoms with E-state index in [1.165, 1.54) is 0 Å². The number of hydrogen-bond acceptors (Lipinski definition) is 3. The number of carbonyl (C=O) groups excluding carboxylic acids is 2. The fourth-order valence-corrected chi connectivity index (χ4v) is 6.06. The van der Waals surface area contributed by atoms with Crippen LogP contribution >= 0.6 is 11.6 Å². The molecule has 0 unspecified atom stereocenters. The summed E-state index contributed by atoms with van der Waals surface area (Å²) in [5.74, 6) is 0.266. The molecule has 0 radical (unpaired) electrons. The van der Waals surface area contributed by atoms with Gasteiger partial charge in [-0.25, -0.2) is 0 Å². The smallest absolute Gasteiger partial charge is 0.255 e. The minimum absolute atomic E-state index is 0.0176. The molecule has 4 aromatic rings. The molecule has 5 nitrogen and oxygen atoms in total. The van der Waals surface area contributed by atoms with Crippen LogP contribution in [-0.4, -0.2) is 35.3 Å². The third-order valence-electron chi connectivity index (χ3n) is 7.48. The van der Waals surface area contributed by atoms with Gasteiger partial charge in [-0.2, -0.15) is 0 Å². The van der Waals surface area contributed by atoms with E-state index in [9.17, 15) is 9.59 Å². The zero-order valence-corrected chi connectivity index (χ0v) is 19.9. The zero-order chi connectivity index (χ0) is 23.9. The van der Waals surface area contributed by atoms with Crippen molar-refractivity contribution in [1.29, 1.82) is 0 Å². The van der Waals surface area contributed by atoms with Gasteiger partial charge in [0.25, 0.3) is 11.8 Å². The maximum Gasteiger partial charge on any atom is 0.255 e. The lowest BCUT2D eigenvalue weighted by Crippen LogP contribution is -2.50. The first-order chi connectivity index (χ1) is 17.1. The summed E-state index contributed by atoms with van der Waals surface area (Å²) in [5, 5.41) is 4.54. The molecule has 176 valence electrons. The Labute approximate surface area is 208 Å². The van der Waals surface area contributed by atoms with Crippen LogP contribution in [0.15, 0.2) is 83.5 Å². The first-order valence-electron chi connectivity index (χ1n) is 12.0. The molecule has 6 rings (SSSR count). The van der Waals surface area contributed by atoms with Gasteiger partial charge in [-0.05, 0) is 72.7 Å². The molecule has 2 fully saturated rings. The van der Waals surface area contributed by atoms with Gasteiger partial charge in [-0.1, -0.05) is 48.0 Å². The summed E-state index contributed by atoms with van der Waals surface area (Å²) in [5.41, 5.74) is 3.73. The highest BCUT2D eigenvalue weighted by Gasteiger charge is 2.48. The molecule has 0 spiro atoms. The Morgan fingerprint density at radius 1 is 0.971 bits per heavy atom. The van der Waals surface area contributed by atoms with Crippen molar-refractivity contribution in [3.8, 4) is 11.1 Å². The van der Waals surface area contributed by atoms with Crippen molar-refractivity contribution in [1.82, 2.24) is 10.2 Å². The average Bonchev–Trinajstić information content (AvgIpc) is 3.63. The van der Waals surface area contributed by atoms with Gasteiger partial charge in [0.15, 0.2) is 0 Å². The van der Waals surface area contributed by atoms with E-state index in [2.05, 4.69) is 5.32 Å². The summed E-state index contributed by atoms with van der Waals surface area (Å²) in [6.07, 6.45) is 4.68. The maximum absolute atomic E-state index is 13.9. The van der Waals surface area contributed by atoms with Gasteiger partial charge in [0.2, 0.25) is 0 Å². The fraction of sp³-hybridized carbons (Fsp3) is 0.241. The number of likely N-dealkylation sites (tertiary alicyclic amines) is 1.